The van der Waals surface area contributed by atoms with Gasteiger partial charge in [0.1, 0.15) is 18.7 Å². The van der Waals surface area contributed by atoms with Gasteiger partial charge in [0.05, 0.1) is 5.01 Å². The third-order valence-electron chi connectivity index (χ3n) is 3.91. The number of hydrogen-bond acceptors (Lipinski definition) is 5. The van der Waals surface area contributed by atoms with Gasteiger partial charge in [-0.1, -0.05) is 0 Å². The molecule has 0 unspecified atom stereocenters. The number of thiazole rings is 1. The Balaban J connectivity index is 1.69. The summed E-state index contributed by atoms with van der Waals surface area (Å²) >= 11 is 1.70. The lowest BCUT2D eigenvalue weighted by Gasteiger charge is -2.33. The van der Waals surface area contributed by atoms with Crippen LogP contribution >= 0.6 is 11.3 Å². The minimum atomic E-state index is -0.302. The van der Waals surface area contributed by atoms with Crippen LogP contribution in [0.5, 0.6) is 0 Å². The smallest absolute Gasteiger partial charge is 0.247 e. The molecule has 112 valence electrons. The van der Waals surface area contributed by atoms with Crippen LogP contribution in [0.2, 0.25) is 0 Å². The van der Waals surface area contributed by atoms with Gasteiger partial charge in [0, 0.05) is 30.1 Å². The van der Waals surface area contributed by atoms with Gasteiger partial charge in [-0.3, -0.25) is 4.79 Å². The summed E-state index contributed by atoms with van der Waals surface area (Å²) < 4.78 is 1.61. The van der Waals surface area contributed by atoms with Gasteiger partial charge in [-0.2, -0.15) is 5.10 Å². The maximum atomic E-state index is 12.6. The number of piperidine rings is 1. The molecule has 3 heterocycles. The molecule has 1 aliphatic rings. The summed E-state index contributed by atoms with van der Waals surface area (Å²) in [7, 11) is 0. The van der Waals surface area contributed by atoms with Crippen molar-refractivity contribution in [1.82, 2.24) is 24.6 Å². The van der Waals surface area contributed by atoms with E-state index < -0.39 is 0 Å². The highest BCUT2D eigenvalue weighted by atomic mass is 32.1. The van der Waals surface area contributed by atoms with E-state index in [1.165, 1.54) is 6.33 Å². The second-order valence-corrected chi connectivity index (χ2v) is 6.39. The molecule has 0 saturated carbocycles. The number of amides is 1. The standard InChI is InChI=1S/C14H19N5OS/c1-10-7-21-13(17-10)12-4-3-5-18(6-12)14(20)11(2)19-9-15-8-16-19/h7-9,11-12H,3-6H2,1-2H3/t11-,12+/m1/s1. The van der Waals surface area contributed by atoms with Crippen molar-refractivity contribution in [1.29, 1.82) is 0 Å². The van der Waals surface area contributed by atoms with Gasteiger partial charge in [0.25, 0.3) is 0 Å². The van der Waals surface area contributed by atoms with E-state index in [0.29, 0.717) is 5.92 Å². The maximum Gasteiger partial charge on any atom is 0.247 e. The predicted molar refractivity (Wildman–Crippen MR) is 80.1 cm³/mol. The molecule has 6 nitrogen and oxygen atoms in total. The molecule has 0 aliphatic carbocycles. The Kier molecular flexibility index (Phi) is 4.01. The average molecular weight is 305 g/mol. The van der Waals surface area contributed by atoms with E-state index in [1.54, 1.807) is 22.3 Å². The Labute approximate surface area is 127 Å². The first-order valence-electron chi connectivity index (χ1n) is 7.20. The van der Waals surface area contributed by atoms with Crippen molar-refractivity contribution in [2.24, 2.45) is 0 Å². The zero-order valence-corrected chi connectivity index (χ0v) is 13.1. The van der Waals surface area contributed by atoms with Crippen LogP contribution in [-0.4, -0.2) is 43.6 Å². The first-order valence-corrected chi connectivity index (χ1v) is 8.08. The molecule has 3 rings (SSSR count). The summed E-state index contributed by atoms with van der Waals surface area (Å²) in [5.74, 6) is 0.475. The van der Waals surface area contributed by atoms with E-state index in [0.717, 1.165) is 36.6 Å². The van der Waals surface area contributed by atoms with Gasteiger partial charge in [-0.15, -0.1) is 11.3 Å². The fourth-order valence-corrected chi connectivity index (χ4v) is 3.66. The lowest BCUT2D eigenvalue weighted by molar-refractivity contribution is -0.135. The molecule has 0 spiro atoms. The molecule has 0 bridgehead atoms. The van der Waals surface area contributed by atoms with Gasteiger partial charge in [0.15, 0.2) is 0 Å². The molecule has 1 aliphatic heterocycles. The molecule has 1 saturated heterocycles. The van der Waals surface area contributed by atoms with Crippen molar-refractivity contribution < 1.29 is 4.79 Å². The van der Waals surface area contributed by atoms with E-state index in [-0.39, 0.29) is 11.9 Å². The minimum Gasteiger partial charge on any atom is -0.340 e. The van der Waals surface area contributed by atoms with Crippen LogP contribution in [-0.2, 0) is 4.79 Å². The summed E-state index contributed by atoms with van der Waals surface area (Å²) in [5.41, 5.74) is 1.06. The molecular weight excluding hydrogens is 286 g/mol. The summed E-state index contributed by atoms with van der Waals surface area (Å²) in [4.78, 5) is 23.0. The van der Waals surface area contributed by atoms with Gasteiger partial charge in [0.2, 0.25) is 5.91 Å². The molecule has 7 heteroatoms. The molecule has 2 aromatic heterocycles. The second-order valence-electron chi connectivity index (χ2n) is 5.50. The highest BCUT2D eigenvalue weighted by Gasteiger charge is 2.29. The zero-order chi connectivity index (χ0) is 14.8. The fourth-order valence-electron chi connectivity index (χ4n) is 2.73. The second kappa shape index (κ2) is 5.93. The van der Waals surface area contributed by atoms with Crippen molar-refractivity contribution in [2.75, 3.05) is 13.1 Å². The number of likely N-dealkylation sites (tertiary alicyclic amines) is 1. The summed E-state index contributed by atoms with van der Waals surface area (Å²) in [6, 6.07) is -0.302. The Bertz CT molecular complexity index is 609. The molecular formula is C14H19N5OS. The van der Waals surface area contributed by atoms with E-state index in [2.05, 4.69) is 20.4 Å². The minimum absolute atomic E-state index is 0.110. The zero-order valence-electron chi connectivity index (χ0n) is 12.3. The number of carbonyl (C=O) groups is 1. The topological polar surface area (TPSA) is 63.9 Å². The van der Waals surface area contributed by atoms with Gasteiger partial charge in [-0.05, 0) is 26.7 Å². The lowest BCUT2D eigenvalue weighted by Crippen LogP contribution is -2.42. The molecule has 0 radical (unpaired) electrons. The van der Waals surface area contributed by atoms with Crippen molar-refractivity contribution in [2.45, 2.75) is 38.6 Å². The molecule has 2 atom stereocenters. The van der Waals surface area contributed by atoms with E-state index >= 15 is 0 Å². The maximum absolute atomic E-state index is 12.6. The van der Waals surface area contributed by atoms with Crippen molar-refractivity contribution in [3.05, 3.63) is 28.7 Å². The first kappa shape index (κ1) is 14.2. The van der Waals surface area contributed by atoms with E-state index in [1.807, 2.05) is 18.7 Å². The lowest BCUT2D eigenvalue weighted by atomic mass is 9.98. The Morgan fingerprint density at radius 1 is 1.52 bits per heavy atom. The summed E-state index contributed by atoms with van der Waals surface area (Å²) in [5, 5.41) is 7.29. The molecule has 0 aromatic carbocycles. The van der Waals surface area contributed by atoms with E-state index in [9.17, 15) is 4.79 Å². The van der Waals surface area contributed by atoms with Crippen LogP contribution in [0, 0.1) is 6.92 Å². The molecule has 0 N–H and O–H groups in total. The van der Waals surface area contributed by atoms with Crippen LogP contribution < -0.4 is 0 Å². The number of nitrogens with zero attached hydrogens (tertiary/aromatic N) is 5. The third-order valence-corrected chi connectivity index (χ3v) is 5.03. The van der Waals surface area contributed by atoms with Crippen LogP contribution in [0.4, 0.5) is 0 Å². The SMILES string of the molecule is Cc1csc([C@H]2CCCN(C(=O)[C@@H](C)n3cncn3)C2)n1. The quantitative estimate of drug-likeness (QED) is 0.870. The van der Waals surface area contributed by atoms with Crippen LogP contribution in [0.15, 0.2) is 18.0 Å². The monoisotopic (exact) mass is 305 g/mol. The largest absolute Gasteiger partial charge is 0.340 e. The van der Waals surface area contributed by atoms with E-state index in [4.69, 9.17) is 0 Å². The van der Waals surface area contributed by atoms with Gasteiger partial charge in [-0.25, -0.2) is 14.6 Å². The normalized spacial score (nSPS) is 20.5. The number of hydrogen-bond donors (Lipinski definition) is 0. The third kappa shape index (κ3) is 2.97. The Morgan fingerprint density at radius 2 is 2.38 bits per heavy atom. The highest BCUT2D eigenvalue weighted by molar-refractivity contribution is 7.09. The number of carbonyl (C=O) groups excluding carboxylic acids is 1. The fraction of sp³-hybridized carbons (Fsp3) is 0.571. The first-order chi connectivity index (χ1) is 10.1. The highest BCUT2D eigenvalue weighted by Crippen LogP contribution is 2.30. The van der Waals surface area contributed by atoms with Crippen LogP contribution in [0.1, 0.15) is 42.4 Å². The number of aryl methyl sites for hydroxylation is 1. The average Bonchev–Trinajstić information content (AvgIpc) is 3.17. The van der Waals surface area contributed by atoms with Gasteiger partial charge >= 0.3 is 0 Å². The molecule has 1 amide bonds. The van der Waals surface area contributed by atoms with Crippen LogP contribution in [0.25, 0.3) is 0 Å². The predicted octanol–water partition coefficient (Wildman–Crippen LogP) is 2.01. The molecule has 21 heavy (non-hydrogen) atoms. The summed E-state index contributed by atoms with van der Waals surface area (Å²) in [6.45, 7) is 5.45. The molecule has 2 aromatic rings. The Hall–Kier alpha value is -1.76. The van der Waals surface area contributed by atoms with Gasteiger partial charge < -0.3 is 4.90 Å². The Morgan fingerprint density at radius 3 is 3.05 bits per heavy atom. The van der Waals surface area contributed by atoms with Crippen molar-refractivity contribution in [3.63, 3.8) is 0 Å². The van der Waals surface area contributed by atoms with Crippen LogP contribution in [0.3, 0.4) is 0 Å². The number of rotatable bonds is 3. The molecule has 1 fully saturated rings. The summed E-state index contributed by atoms with van der Waals surface area (Å²) in [6.07, 6.45) is 5.18. The number of aromatic nitrogens is 4. The van der Waals surface area contributed by atoms with Crippen molar-refractivity contribution >= 4 is 17.2 Å². The van der Waals surface area contributed by atoms with Crippen molar-refractivity contribution in [3.8, 4) is 0 Å².